The second-order valence-electron chi connectivity index (χ2n) is 8.18. The quantitative estimate of drug-likeness (QED) is 0.250. The summed E-state index contributed by atoms with van der Waals surface area (Å²) >= 11 is 3.85. The Balaban J connectivity index is 1.46. The smallest absolute Gasteiger partial charge is 0.0534 e. The highest BCUT2D eigenvalue weighted by Gasteiger charge is 2.14. The molecule has 0 aliphatic rings. The van der Waals surface area contributed by atoms with Crippen molar-refractivity contribution in [3.05, 3.63) is 109 Å². The lowest BCUT2D eigenvalue weighted by atomic mass is 10.0. The van der Waals surface area contributed by atoms with Gasteiger partial charge in [-0.25, -0.2) is 0 Å². The lowest BCUT2D eigenvalue weighted by Gasteiger charge is -2.01. The van der Waals surface area contributed by atoms with Crippen LogP contribution in [0.3, 0.4) is 0 Å². The van der Waals surface area contributed by atoms with Gasteiger partial charge in [-0.05, 0) is 34.4 Å². The van der Waals surface area contributed by atoms with Crippen molar-refractivity contribution in [2.24, 2.45) is 0 Å². The molecule has 0 saturated heterocycles. The molecule has 0 aliphatic heterocycles. The molecule has 0 unspecified atom stereocenters. The summed E-state index contributed by atoms with van der Waals surface area (Å²) in [6.45, 7) is 0. The van der Waals surface area contributed by atoms with Crippen molar-refractivity contribution in [2.75, 3.05) is 0 Å². The Labute approximate surface area is 194 Å². The molecular formula is C30H18S2. The van der Waals surface area contributed by atoms with E-state index in [1.54, 1.807) is 0 Å². The molecule has 0 atom stereocenters. The minimum Gasteiger partial charge on any atom is -0.134 e. The maximum absolute atomic E-state index is 2.35. The predicted molar refractivity (Wildman–Crippen MR) is 143 cm³/mol. The fraction of sp³-hybridized carbons (Fsp3) is 0. The maximum atomic E-state index is 2.35. The molecule has 32 heavy (non-hydrogen) atoms. The van der Waals surface area contributed by atoms with Gasteiger partial charge in [-0.15, -0.1) is 22.7 Å². The number of benzene rings is 5. The summed E-state index contributed by atoms with van der Waals surface area (Å²) in [4.78, 5) is 0. The summed E-state index contributed by atoms with van der Waals surface area (Å²) in [5.41, 5.74) is 5.11. The van der Waals surface area contributed by atoms with Crippen LogP contribution >= 0.6 is 22.7 Å². The highest BCUT2D eigenvalue weighted by molar-refractivity contribution is 7.33. The number of hydrogen-bond donors (Lipinski definition) is 0. The Hall–Kier alpha value is -3.46. The van der Waals surface area contributed by atoms with Crippen LogP contribution in [0.1, 0.15) is 0 Å². The van der Waals surface area contributed by atoms with Gasteiger partial charge in [0.2, 0.25) is 0 Å². The van der Waals surface area contributed by atoms with Crippen LogP contribution in [0.5, 0.6) is 0 Å². The molecule has 150 valence electrons. The first-order chi connectivity index (χ1) is 15.8. The van der Waals surface area contributed by atoms with E-state index in [9.17, 15) is 0 Å². The Morgan fingerprint density at radius 3 is 1.19 bits per heavy atom. The summed E-state index contributed by atoms with van der Waals surface area (Å²) in [6.07, 6.45) is 0. The van der Waals surface area contributed by atoms with Gasteiger partial charge in [-0.2, -0.15) is 0 Å². The topological polar surface area (TPSA) is 0 Å². The lowest BCUT2D eigenvalue weighted by Crippen LogP contribution is -1.76. The van der Waals surface area contributed by atoms with E-state index in [-0.39, 0.29) is 0 Å². The Bertz CT molecular complexity index is 1620. The van der Waals surface area contributed by atoms with Crippen LogP contribution in [-0.2, 0) is 0 Å². The highest BCUT2D eigenvalue weighted by atomic mass is 32.1. The summed E-state index contributed by atoms with van der Waals surface area (Å²) in [7, 11) is 0. The molecule has 0 nitrogen and oxygen atoms in total. The Morgan fingerprint density at radius 1 is 0.344 bits per heavy atom. The fourth-order valence-corrected chi connectivity index (χ4v) is 7.31. The largest absolute Gasteiger partial charge is 0.134 e. The second-order valence-corrected chi connectivity index (χ2v) is 10.3. The minimum absolute atomic E-state index is 1.27. The molecule has 0 aliphatic carbocycles. The first-order valence-corrected chi connectivity index (χ1v) is 12.4. The molecular weight excluding hydrogens is 424 g/mol. The van der Waals surface area contributed by atoms with E-state index in [1.807, 2.05) is 22.7 Å². The molecule has 0 spiro atoms. The van der Waals surface area contributed by atoms with Gasteiger partial charge in [0, 0.05) is 30.9 Å². The molecule has 5 aromatic carbocycles. The zero-order valence-corrected chi connectivity index (χ0v) is 18.8. The normalized spacial score (nSPS) is 11.8. The number of fused-ring (bicyclic) bond motifs is 7. The first kappa shape index (κ1) is 18.1. The van der Waals surface area contributed by atoms with Crippen molar-refractivity contribution in [2.45, 2.75) is 0 Å². The van der Waals surface area contributed by atoms with E-state index in [4.69, 9.17) is 0 Å². The molecule has 0 radical (unpaired) electrons. The van der Waals surface area contributed by atoms with E-state index in [0.29, 0.717) is 0 Å². The number of rotatable bonds is 2. The third kappa shape index (κ3) is 2.74. The second kappa shape index (κ2) is 7.03. The molecule has 0 fully saturated rings. The molecule has 2 heterocycles. The van der Waals surface area contributed by atoms with Crippen molar-refractivity contribution in [1.82, 2.24) is 0 Å². The average molecular weight is 443 g/mol. The van der Waals surface area contributed by atoms with Gasteiger partial charge in [-0.1, -0.05) is 97.1 Å². The highest BCUT2D eigenvalue weighted by Crippen LogP contribution is 2.45. The Kier molecular flexibility index (Phi) is 3.98. The van der Waals surface area contributed by atoms with E-state index < -0.39 is 0 Å². The SMILES string of the molecule is c1ccc(-c2ccc3c(c2)sc2c3ccc3c4ccc(-c5ccccc5)cc4sc32)cc1. The van der Waals surface area contributed by atoms with Gasteiger partial charge in [0.15, 0.2) is 0 Å². The first-order valence-electron chi connectivity index (χ1n) is 10.8. The molecule has 7 aromatic rings. The molecule has 7 rings (SSSR count). The lowest BCUT2D eigenvalue weighted by molar-refractivity contribution is 1.66. The molecule has 0 N–H and O–H groups in total. The molecule has 0 amide bonds. The summed E-state index contributed by atoms with van der Waals surface area (Å²) in [6, 6.07) is 39.7. The molecule has 0 saturated carbocycles. The Morgan fingerprint density at radius 2 is 0.750 bits per heavy atom. The summed E-state index contributed by atoms with van der Waals surface area (Å²) < 4.78 is 5.53. The molecule has 2 heteroatoms. The van der Waals surface area contributed by atoms with Crippen LogP contribution < -0.4 is 0 Å². The summed E-state index contributed by atoms with van der Waals surface area (Å²) in [5, 5.41) is 5.45. The molecule has 2 aromatic heterocycles. The monoisotopic (exact) mass is 442 g/mol. The number of hydrogen-bond acceptors (Lipinski definition) is 2. The van der Waals surface area contributed by atoms with Crippen LogP contribution in [0.4, 0.5) is 0 Å². The predicted octanol–water partition coefficient (Wildman–Crippen LogP) is 9.76. The molecule has 0 bridgehead atoms. The van der Waals surface area contributed by atoms with Crippen LogP contribution in [0.15, 0.2) is 109 Å². The van der Waals surface area contributed by atoms with Crippen LogP contribution in [0.25, 0.3) is 62.6 Å². The van der Waals surface area contributed by atoms with Crippen molar-refractivity contribution in [3.8, 4) is 22.3 Å². The summed E-state index contributed by atoms with van der Waals surface area (Å²) in [5.74, 6) is 0. The van der Waals surface area contributed by atoms with Crippen molar-refractivity contribution in [3.63, 3.8) is 0 Å². The number of thiophene rings is 2. The zero-order chi connectivity index (χ0) is 21.1. The third-order valence-corrected chi connectivity index (χ3v) is 8.79. The van der Waals surface area contributed by atoms with Gasteiger partial charge in [-0.3, -0.25) is 0 Å². The zero-order valence-electron chi connectivity index (χ0n) is 17.2. The standard InChI is InChI=1S/C30H18S2/c1-3-7-19(8-4-1)21-11-13-23-25-15-16-26-24-14-12-22(20-9-5-2-6-10-20)18-28(24)32-30(26)29(25)31-27(23)17-21/h1-18H. The van der Waals surface area contributed by atoms with Crippen molar-refractivity contribution < 1.29 is 0 Å². The van der Waals surface area contributed by atoms with Crippen LogP contribution in [-0.4, -0.2) is 0 Å². The van der Waals surface area contributed by atoms with Gasteiger partial charge in [0.25, 0.3) is 0 Å². The maximum Gasteiger partial charge on any atom is 0.0534 e. The van der Waals surface area contributed by atoms with E-state index in [1.165, 1.54) is 62.6 Å². The van der Waals surface area contributed by atoms with Gasteiger partial charge in [0.05, 0.1) is 9.40 Å². The van der Waals surface area contributed by atoms with Gasteiger partial charge >= 0.3 is 0 Å². The van der Waals surface area contributed by atoms with E-state index in [0.717, 1.165) is 0 Å². The average Bonchev–Trinajstić information content (AvgIpc) is 3.42. The van der Waals surface area contributed by atoms with Gasteiger partial charge in [0.1, 0.15) is 0 Å². The fourth-order valence-electron chi connectivity index (χ4n) is 4.69. The van der Waals surface area contributed by atoms with Crippen LogP contribution in [0, 0.1) is 0 Å². The third-order valence-electron chi connectivity index (χ3n) is 6.29. The van der Waals surface area contributed by atoms with Crippen molar-refractivity contribution >= 4 is 63.0 Å². The van der Waals surface area contributed by atoms with Crippen molar-refractivity contribution in [1.29, 1.82) is 0 Å². The van der Waals surface area contributed by atoms with Gasteiger partial charge < -0.3 is 0 Å². The van der Waals surface area contributed by atoms with Crippen LogP contribution in [0.2, 0.25) is 0 Å². The minimum atomic E-state index is 1.27. The van der Waals surface area contributed by atoms with E-state index in [2.05, 4.69) is 109 Å². The van der Waals surface area contributed by atoms with E-state index >= 15 is 0 Å².